The number of benzene rings is 3. The van der Waals surface area contributed by atoms with Crippen LogP contribution < -0.4 is 4.74 Å². The fraction of sp³-hybridized carbons (Fsp3) is 0.154. The summed E-state index contributed by atoms with van der Waals surface area (Å²) < 4.78 is 11.0. The van der Waals surface area contributed by atoms with Gasteiger partial charge in [0.25, 0.3) is 11.1 Å². The van der Waals surface area contributed by atoms with Crippen molar-refractivity contribution in [1.82, 2.24) is 15.2 Å². The topological polar surface area (TPSA) is 80.8 Å². The van der Waals surface area contributed by atoms with Crippen LogP contribution in [0.3, 0.4) is 0 Å². The molecule has 3 aromatic carbocycles. The highest BCUT2D eigenvalue weighted by atomic mass is 32.2. The Bertz CT molecular complexity index is 1290. The predicted octanol–water partition coefficient (Wildman–Crippen LogP) is 5.22. The molecule has 34 heavy (non-hydrogen) atoms. The summed E-state index contributed by atoms with van der Waals surface area (Å²) in [6.45, 7) is 0. The minimum Gasteiger partial charge on any atom is -0.497 e. The van der Waals surface area contributed by atoms with Crippen LogP contribution in [0.5, 0.6) is 5.75 Å². The van der Waals surface area contributed by atoms with Gasteiger partial charge in [-0.25, -0.2) is 5.01 Å². The standard InChI is InChI=1S/C26H22N4O3S/c1-32-21-14-12-19(13-15-21)23-16-22(18-8-4-2-5-9-18)29-30(23)24(31)17-34-26-28-27-25(33-26)20-10-6-3-7-11-20/h2-15,23H,16-17H2,1H3/t23-/m0/s1. The molecule has 170 valence electrons. The molecule has 0 fully saturated rings. The molecule has 8 heteroatoms. The van der Waals surface area contributed by atoms with Crippen LogP contribution in [0.1, 0.15) is 23.6 Å². The van der Waals surface area contributed by atoms with E-state index >= 15 is 0 Å². The molecule has 1 aliphatic rings. The molecular weight excluding hydrogens is 448 g/mol. The third-order valence-corrected chi connectivity index (χ3v) is 6.32. The van der Waals surface area contributed by atoms with Crippen molar-refractivity contribution in [3.63, 3.8) is 0 Å². The molecule has 0 aliphatic carbocycles. The van der Waals surface area contributed by atoms with Gasteiger partial charge in [-0.15, -0.1) is 10.2 Å². The van der Waals surface area contributed by atoms with Gasteiger partial charge in [0, 0.05) is 12.0 Å². The Labute approximate surface area is 201 Å². The zero-order valence-electron chi connectivity index (χ0n) is 18.5. The Balaban J connectivity index is 1.34. The van der Waals surface area contributed by atoms with Crippen LogP contribution in [0, 0.1) is 0 Å². The molecule has 0 radical (unpaired) electrons. The van der Waals surface area contributed by atoms with Crippen LogP contribution in [0.25, 0.3) is 11.5 Å². The van der Waals surface area contributed by atoms with E-state index in [2.05, 4.69) is 10.2 Å². The molecule has 0 unspecified atom stereocenters. The van der Waals surface area contributed by atoms with Gasteiger partial charge in [-0.05, 0) is 35.4 Å². The van der Waals surface area contributed by atoms with Crippen LogP contribution in [0.4, 0.5) is 0 Å². The summed E-state index contributed by atoms with van der Waals surface area (Å²) in [6, 6.07) is 27.0. The highest BCUT2D eigenvalue weighted by molar-refractivity contribution is 7.99. The van der Waals surface area contributed by atoms with Crippen molar-refractivity contribution in [3.05, 3.63) is 96.1 Å². The molecule has 4 aromatic rings. The highest BCUT2D eigenvalue weighted by Crippen LogP contribution is 2.34. The van der Waals surface area contributed by atoms with Crippen molar-refractivity contribution in [2.75, 3.05) is 12.9 Å². The molecule has 1 atom stereocenters. The molecule has 2 heterocycles. The monoisotopic (exact) mass is 470 g/mol. The van der Waals surface area contributed by atoms with E-state index in [1.807, 2.05) is 84.9 Å². The minimum atomic E-state index is -0.197. The lowest BCUT2D eigenvalue weighted by Crippen LogP contribution is -2.28. The summed E-state index contributed by atoms with van der Waals surface area (Å²) >= 11 is 1.21. The van der Waals surface area contributed by atoms with Crippen molar-refractivity contribution in [2.45, 2.75) is 17.7 Å². The molecule has 0 saturated heterocycles. The second-order valence-electron chi connectivity index (χ2n) is 7.67. The average Bonchev–Trinajstić information content (AvgIpc) is 3.56. The van der Waals surface area contributed by atoms with Gasteiger partial charge >= 0.3 is 0 Å². The molecule has 5 rings (SSSR count). The predicted molar refractivity (Wildman–Crippen MR) is 131 cm³/mol. The number of methoxy groups -OCH3 is 1. The fourth-order valence-corrected chi connectivity index (χ4v) is 4.40. The lowest BCUT2D eigenvalue weighted by atomic mass is 9.98. The number of aromatic nitrogens is 2. The molecule has 1 aromatic heterocycles. The number of hydrazone groups is 1. The number of rotatable bonds is 7. The van der Waals surface area contributed by atoms with E-state index in [4.69, 9.17) is 14.3 Å². The smallest absolute Gasteiger partial charge is 0.277 e. The van der Waals surface area contributed by atoms with E-state index in [0.29, 0.717) is 17.5 Å². The van der Waals surface area contributed by atoms with E-state index in [0.717, 1.165) is 28.2 Å². The number of carbonyl (C=O) groups excluding carboxylic acids is 1. The normalized spacial score (nSPS) is 15.3. The number of nitrogens with zero attached hydrogens (tertiary/aromatic N) is 4. The van der Waals surface area contributed by atoms with Gasteiger partial charge < -0.3 is 9.15 Å². The van der Waals surface area contributed by atoms with Crippen molar-refractivity contribution < 1.29 is 13.9 Å². The Hall–Kier alpha value is -3.91. The van der Waals surface area contributed by atoms with Gasteiger partial charge in [-0.2, -0.15) is 5.10 Å². The highest BCUT2D eigenvalue weighted by Gasteiger charge is 2.33. The largest absolute Gasteiger partial charge is 0.497 e. The lowest BCUT2D eigenvalue weighted by Gasteiger charge is -2.22. The third kappa shape index (κ3) is 4.72. The maximum Gasteiger partial charge on any atom is 0.277 e. The van der Waals surface area contributed by atoms with Crippen molar-refractivity contribution in [2.24, 2.45) is 5.10 Å². The molecule has 0 spiro atoms. The summed E-state index contributed by atoms with van der Waals surface area (Å²) in [6.07, 6.45) is 0.630. The van der Waals surface area contributed by atoms with Crippen molar-refractivity contribution in [3.8, 4) is 17.2 Å². The van der Waals surface area contributed by atoms with E-state index in [-0.39, 0.29) is 17.7 Å². The molecule has 1 amide bonds. The van der Waals surface area contributed by atoms with Crippen LogP contribution >= 0.6 is 11.8 Å². The molecule has 1 aliphatic heterocycles. The second kappa shape index (κ2) is 9.93. The molecular formula is C26H22N4O3S. The van der Waals surface area contributed by atoms with E-state index in [1.54, 1.807) is 12.1 Å². The number of ether oxygens (including phenoxy) is 1. The van der Waals surface area contributed by atoms with Gasteiger partial charge in [0.1, 0.15) is 5.75 Å². The summed E-state index contributed by atoms with van der Waals surface area (Å²) in [5.41, 5.74) is 3.72. The maximum atomic E-state index is 13.3. The van der Waals surface area contributed by atoms with Gasteiger partial charge in [0.05, 0.1) is 24.6 Å². The Morgan fingerprint density at radius 1 is 0.971 bits per heavy atom. The fourth-order valence-electron chi connectivity index (χ4n) is 3.79. The van der Waals surface area contributed by atoms with Gasteiger partial charge in [0.2, 0.25) is 5.89 Å². The second-order valence-corrected chi connectivity index (χ2v) is 8.60. The first-order valence-corrected chi connectivity index (χ1v) is 11.8. The van der Waals surface area contributed by atoms with Crippen LogP contribution in [-0.2, 0) is 4.79 Å². The number of thioether (sulfide) groups is 1. The van der Waals surface area contributed by atoms with Gasteiger partial charge in [-0.3, -0.25) is 4.79 Å². The minimum absolute atomic E-state index is 0.129. The first-order valence-electron chi connectivity index (χ1n) is 10.8. The SMILES string of the molecule is COc1ccc([C@@H]2CC(c3ccccc3)=NN2C(=O)CSc2nnc(-c3ccccc3)o2)cc1. The maximum absolute atomic E-state index is 13.3. The number of carbonyl (C=O) groups is 1. The van der Waals surface area contributed by atoms with Crippen LogP contribution in [0.2, 0.25) is 0 Å². The van der Waals surface area contributed by atoms with Gasteiger partial charge in [0.15, 0.2) is 0 Å². The quantitative estimate of drug-likeness (QED) is 0.345. The number of amides is 1. The van der Waals surface area contributed by atoms with E-state index in [1.165, 1.54) is 11.8 Å². The zero-order valence-corrected chi connectivity index (χ0v) is 19.3. The summed E-state index contributed by atoms with van der Waals surface area (Å²) in [5, 5.41) is 14.8. The Morgan fingerprint density at radius 2 is 1.65 bits per heavy atom. The lowest BCUT2D eigenvalue weighted by molar-refractivity contribution is -0.130. The average molecular weight is 471 g/mol. The summed E-state index contributed by atoms with van der Waals surface area (Å²) in [7, 11) is 1.63. The van der Waals surface area contributed by atoms with E-state index in [9.17, 15) is 4.79 Å². The number of hydrogen-bond acceptors (Lipinski definition) is 7. The van der Waals surface area contributed by atoms with E-state index < -0.39 is 0 Å². The molecule has 0 bridgehead atoms. The Morgan fingerprint density at radius 3 is 2.32 bits per heavy atom. The first-order chi connectivity index (χ1) is 16.7. The molecule has 0 N–H and O–H groups in total. The summed E-state index contributed by atoms with van der Waals surface area (Å²) in [4.78, 5) is 13.3. The summed E-state index contributed by atoms with van der Waals surface area (Å²) in [5.74, 6) is 1.20. The first kappa shape index (κ1) is 21.9. The molecule has 0 saturated carbocycles. The van der Waals surface area contributed by atoms with Gasteiger partial charge in [-0.1, -0.05) is 72.4 Å². The molecule has 7 nitrogen and oxygen atoms in total. The Kier molecular flexibility index (Phi) is 6.40. The van der Waals surface area contributed by atoms with Crippen LogP contribution in [-0.4, -0.2) is 39.7 Å². The van der Waals surface area contributed by atoms with Crippen molar-refractivity contribution in [1.29, 1.82) is 0 Å². The van der Waals surface area contributed by atoms with Crippen LogP contribution in [0.15, 0.2) is 99.7 Å². The number of hydrogen-bond donors (Lipinski definition) is 0. The third-order valence-electron chi connectivity index (χ3n) is 5.52. The zero-order chi connectivity index (χ0) is 23.3. The van der Waals surface area contributed by atoms with Crippen molar-refractivity contribution >= 4 is 23.4 Å².